The van der Waals surface area contributed by atoms with Crippen molar-refractivity contribution in [3.05, 3.63) is 182 Å². The van der Waals surface area contributed by atoms with Crippen molar-refractivity contribution in [1.29, 1.82) is 0 Å². The Morgan fingerprint density at radius 1 is 0.196 bits per heavy atom. The van der Waals surface area contributed by atoms with Crippen LogP contribution in [0.15, 0.2) is 182 Å². The molecule has 0 heterocycles. The number of hydrogen-bond donors (Lipinski definition) is 0. The molecule has 0 unspecified atom stereocenters. The van der Waals surface area contributed by atoms with Gasteiger partial charge in [0.2, 0.25) is 0 Å². The minimum atomic E-state index is 1.22. The van der Waals surface area contributed by atoms with E-state index in [2.05, 4.69) is 182 Å². The van der Waals surface area contributed by atoms with Crippen LogP contribution in [0.3, 0.4) is 0 Å². The number of benzene rings is 9. The van der Waals surface area contributed by atoms with Crippen molar-refractivity contribution in [2.45, 2.75) is 0 Å². The molecule has 0 radical (unpaired) electrons. The monoisotopic (exact) mass is 582 g/mol. The third-order valence-corrected chi connectivity index (χ3v) is 9.38. The summed E-state index contributed by atoms with van der Waals surface area (Å²) in [7, 11) is 0. The van der Waals surface area contributed by atoms with E-state index in [1.807, 2.05) is 0 Å². The van der Waals surface area contributed by atoms with Crippen molar-refractivity contribution < 1.29 is 0 Å². The summed E-state index contributed by atoms with van der Waals surface area (Å²) in [4.78, 5) is 0. The van der Waals surface area contributed by atoms with E-state index in [1.165, 1.54) is 87.6 Å². The van der Waals surface area contributed by atoms with Gasteiger partial charge in [-0.25, -0.2) is 0 Å². The molecule has 0 spiro atoms. The van der Waals surface area contributed by atoms with Crippen LogP contribution in [0.1, 0.15) is 0 Å². The van der Waals surface area contributed by atoms with Crippen molar-refractivity contribution in [2.75, 3.05) is 0 Å². The molecule has 0 aliphatic rings. The van der Waals surface area contributed by atoms with Gasteiger partial charge in [-0.1, -0.05) is 152 Å². The second kappa shape index (κ2) is 10.9. The van der Waals surface area contributed by atoms with E-state index in [0.717, 1.165) is 0 Å². The molecule has 0 aromatic heterocycles. The molecular weight excluding hydrogens is 553 g/mol. The minimum absolute atomic E-state index is 1.22. The Labute approximate surface area is 268 Å². The van der Waals surface area contributed by atoms with E-state index in [1.54, 1.807) is 0 Å². The second-order valence-corrected chi connectivity index (χ2v) is 12.1. The predicted molar refractivity (Wildman–Crippen MR) is 198 cm³/mol. The van der Waals surface area contributed by atoms with Crippen LogP contribution in [-0.4, -0.2) is 0 Å². The van der Waals surface area contributed by atoms with Crippen LogP contribution in [0.5, 0.6) is 0 Å². The van der Waals surface area contributed by atoms with Gasteiger partial charge < -0.3 is 0 Å². The zero-order chi connectivity index (χ0) is 30.5. The Morgan fingerprint density at radius 3 is 1.15 bits per heavy atom. The van der Waals surface area contributed by atoms with Crippen molar-refractivity contribution in [2.24, 2.45) is 0 Å². The van der Waals surface area contributed by atoms with Crippen molar-refractivity contribution >= 4 is 43.1 Å². The lowest BCUT2D eigenvalue weighted by Gasteiger charge is -2.18. The van der Waals surface area contributed by atoms with Crippen molar-refractivity contribution in [3.8, 4) is 44.5 Å². The second-order valence-electron chi connectivity index (χ2n) is 12.1. The molecule has 9 aromatic rings. The average molecular weight is 583 g/mol. The number of fused-ring (bicyclic) bond motifs is 4. The highest BCUT2D eigenvalue weighted by Crippen LogP contribution is 2.44. The third kappa shape index (κ3) is 4.47. The Morgan fingerprint density at radius 2 is 0.587 bits per heavy atom. The Balaban J connectivity index is 1.24. The van der Waals surface area contributed by atoms with E-state index in [4.69, 9.17) is 0 Å². The van der Waals surface area contributed by atoms with Crippen LogP contribution in [-0.2, 0) is 0 Å². The topological polar surface area (TPSA) is 0 Å². The smallest absolute Gasteiger partial charge is 0.00262 e. The molecule has 214 valence electrons. The summed E-state index contributed by atoms with van der Waals surface area (Å²) in [6, 6.07) is 66.6. The molecule has 0 N–H and O–H groups in total. The van der Waals surface area contributed by atoms with Gasteiger partial charge in [-0.3, -0.25) is 0 Å². The highest BCUT2D eigenvalue weighted by Gasteiger charge is 2.17. The Bertz CT molecular complexity index is 2520. The zero-order valence-electron chi connectivity index (χ0n) is 25.3. The van der Waals surface area contributed by atoms with Gasteiger partial charge in [0.1, 0.15) is 0 Å². The van der Waals surface area contributed by atoms with Gasteiger partial charge in [0.05, 0.1) is 0 Å². The maximum atomic E-state index is 2.37. The summed E-state index contributed by atoms with van der Waals surface area (Å²) in [5, 5.41) is 10.1. The molecule has 0 saturated heterocycles. The average Bonchev–Trinajstić information content (AvgIpc) is 3.13. The molecule has 0 aliphatic carbocycles. The van der Waals surface area contributed by atoms with Crippen LogP contribution in [0.4, 0.5) is 0 Å². The van der Waals surface area contributed by atoms with E-state index in [9.17, 15) is 0 Å². The molecular formula is C46H30. The molecule has 9 aromatic carbocycles. The highest BCUT2D eigenvalue weighted by atomic mass is 14.2. The molecule has 0 fully saturated rings. The highest BCUT2D eigenvalue weighted by molar-refractivity contribution is 6.21. The van der Waals surface area contributed by atoms with Gasteiger partial charge in [0.15, 0.2) is 0 Å². The summed E-state index contributed by atoms with van der Waals surface area (Å²) in [6.07, 6.45) is 0. The SMILES string of the molecule is c1ccc(-c2cccc(-c3c4ccccc4c(-c4cccc(-c5ccc6cc7ccccc7cc6c5)c4)c4ccccc34)c2)cc1. The summed E-state index contributed by atoms with van der Waals surface area (Å²) in [5.74, 6) is 0. The van der Waals surface area contributed by atoms with E-state index < -0.39 is 0 Å². The number of rotatable bonds is 4. The molecule has 0 nitrogen and oxygen atoms in total. The molecule has 0 aliphatic heterocycles. The first-order valence-electron chi connectivity index (χ1n) is 15.9. The molecule has 0 bridgehead atoms. The van der Waals surface area contributed by atoms with Crippen LogP contribution < -0.4 is 0 Å². The van der Waals surface area contributed by atoms with Gasteiger partial charge in [0, 0.05) is 0 Å². The van der Waals surface area contributed by atoms with Crippen LogP contribution in [0.25, 0.3) is 87.6 Å². The quantitative estimate of drug-likeness (QED) is 0.181. The lowest BCUT2D eigenvalue weighted by atomic mass is 9.85. The molecule has 46 heavy (non-hydrogen) atoms. The van der Waals surface area contributed by atoms with Gasteiger partial charge >= 0.3 is 0 Å². The molecule has 0 amide bonds. The fraction of sp³-hybridized carbons (Fsp3) is 0. The molecule has 9 rings (SSSR count). The van der Waals surface area contributed by atoms with Crippen molar-refractivity contribution in [3.63, 3.8) is 0 Å². The normalized spacial score (nSPS) is 11.5. The van der Waals surface area contributed by atoms with Gasteiger partial charge in [-0.05, 0) is 118 Å². The largest absolute Gasteiger partial charge is 0.0622 e. The maximum absolute atomic E-state index is 2.37. The van der Waals surface area contributed by atoms with E-state index in [0.29, 0.717) is 0 Å². The minimum Gasteiger partial charge on any atom is -0.0622 e. The van der Waals surface area contributed by atoms with Gasteiger partial charge in [-0.2, -0.15) is 0 Å². The number of hydrogen-bond acceptors (Lipinski definition) is 0. The predicted octanol–water partition coefficient (Wildman–Crippen LogP) is 13.0. The summed E-state index contributed by atoms with van der Waals surface area (Å²) >= 11 is 0. The lowest BCUT2D eigenvalue weighted by Crippen LogP contribution is -1.91. The summed E-state index contributed by atoms with van der Waals surface area (Å²) < 4.78 is 0. The lowest BCUT2D eigenvalue weighted by molar-refractivity contribution is 1.61. The standard InChI is InChI=1S/C46H30/c1-2-12-31(13-3-1)32-16-10-18-38(27-32)45-41-20-6-8-22-43(41)46(44-23-9-7-21-42(44)45)39-19-11-17-35(28-39)36-24-25-37-26-33-14-4-5-15-34(33)29-40(37)30-36/h1-30H. The van der Waals surface area contributed by atoms with Crippen LogP contribution in [0, 0.1) is 0 Å². The Kier molecular flexibility index (Phi) is 6.25. The summed E-state index contributed by atoms with van der Waals surface area (Å²) in [6.45, 7) is 0. The molecule has 0 heteroatoms. The summed E-state index contributed by atoms with van der Waals surface area (Å²) in [5.41, 5.74) is 9.94. The molecule has 0 atom stereocenters. The fourth-order valence-electron chi connectivity index (χ4n) is 7.21. The first-order valence-corrected chi connectivity index (χ1v) is 15.9. The van der Waals surface area contributed by atoms with Crippen LogP contribution in [0.2, 0.25) is 0 Å². The van der Waals surface area contributed by atoms with E-state index in [-0.39, 0.29) is 0 Å². The first kappa shape index (κ1) is 26.4. The van der Waals surface area contributed by atoms with Gasteiger partial charge in [0.25, 0.3) is 0 Å². The van der Waals surface area contributed by atoms with E-state index >= 15 is 0 Å². The first-order chi connectivity index (χ1) is 22.8. The van der Waals surface area contributed by atoms with Crippen LogP contribution >= 0.6 is 0 Å². The third-order valence-electron chi connectivity index (χ3n) is 9.38. The fourth-order valence-corrected chi connectivity index (χ4v) is 7.21. The van der Waals surface area contributed by atoms with Crippen molar-refractivity contribution in [1.82, 2.24) is 0 Å². The zero-order valence-corrected chi connectivity index (χ0v) is 25.3. The molecule has 0 saturated carbocycles. The Hall–Kier alpha value is -5.98. The maximum Gasteiger partial charge on any atom is -0.00262 e. The van der Waals surface area contributed by atoms with Gasteiger partial charge in [-0.15, -0.1) is 0 Å².